The van der Waals surface area contributed by atoms with Crippen molar-refractivity contribution in [3.05, 3.63) is 20.3 Å². The van der Waals surface area contributed by atoms with Gasteiger partial charge in [0, 0.05) is 6.42 Å². The summed E-state index contributed by atoms with van der Waals surface area (Å²) in [5, 5.41) is 0. The van der Waals surface area contributed by atoms with Gasteiger partial charge in [0.05, 0.1) is 8.66 Å². The molecule has 0 aromatic carbocycles. The minimum absolute atomic E-state index is 0.310. The lowest BCUT2D eigenvalue weighted by atomic mass is 10.1. The summed E-state index contributed by atoms with van der Waals surface area (Å²) in [5.41, 5.74) is 1.17. The normalized spacial score (nSPS) is 10.9. The van der Waals surface area contributed by atoms with Crippen LogP contribution in [0.5, 0.6) is 0 Å². The molecule has 108 valence electrons. The lowest BCUT2D eigenvalue weighted by Crippen LogP contribution is -1.95. The Hall–Kier alpha value is -0.150. The van der Waals surface area contributed by atoms with Crippen molar-refractivity contribution < 1.29 is 4.79 Å². The summed E-state index contributed by atoms with van der Waals surface area (Å²) >= 11 is 5.04. The molecule has 0 fully saturated rings. The maximum absolute atomic E-state index is 12.0. The molecule has 0 saturated carbocycles. The molecule has 0 aliphatic carbocycles. The summed E-state index contributed by atoms with van der Waals surface area (Å²) in [7, 11) is 0. The van der Waals surface area contributed by atoms with Crippen LogP contribution in [0.2, 0.25) is 0 Å². The number of unbranched alkanes of at least 4 members (excludes halogenated alkanes) is 7. The van der Waals surface area contributed by atoms with Crippen LogP contribution in [0.25, 0.3) is 0 Å². The smallest absolute Gasteiger partial charge is 0.172 e. The zero-order valence-electron chi connectivity index (χ0n) is 12.1. The van der Waals surface area contributed by atoms with Gasteiger partial charge in [-0.3, -0.25) is 4.79 Å². The molecular weight excluding hydrogens is 320 g/mol. The third-order valence-corrected chi connectivity index (χ3v) is 5.57. The molecule has 1 aromatic heterocycles. The third-order valence-electron chi connectivity index (χ3n) is 3.39. The molecule has 1 aromatic rings. The molecule has 0 radical (unpaired) electrons. The highest BCUT2D eigenvalue weighted by atomic mass is 79.9. The molecule has 0 atom stereocenters. The van der Waals surface area contributed by atoms with Crippen molar-refractivity contribution in [3.8, 4) is 0 Å². The van der Waals surface area contributed by atoms with Crippen molar-refractivity contribution in [1.82, 2.24) is 0 Å². The molecule has 0 aliphatic heterocycles. The highest BCUT2D eigenvalue weighted by Crippen LogP contribution is 2.28. The maximum Gasteiger partial charge on any atom is 0.172 e. The van der Waals surface area contributed by atoms with Crippen LogP contribution < -0.4 is 0 Å². The number of hydrogen-bond donors (Lipinski definition) is 0. The van der Waals surface area contributed by atoms with Crippen molar-refractivity contribution in [2.75, 3.05) is 0 Å². The van der Waals surface area contributed by atoms with Crippen molar-refractivity contribution in [2.24, 2.45) is 0 Å². The van der Waals surface area contributed by atoms with E-state index in [4.69, 9.17) is 0 Å². The van der Waals surface area contributed by atoms with Gasteiger partial charge < -0.3 is 0 Å². The molecule has 0 amide bonds. The van der Waals surface area contributed by atoms with E-state index < -0.39 is 0 Å². The fourth-order valence-electron chi connectivity index (χ4n) is 2.14. The predicted molar refractivity (Wildman–Crippen MR) is 88.3 cm³/mol. The van der Waals surface area contributed by atoms with Crippen LogP contribution in [0.15, 0.2) is 9.85 Å². The van der Waals surface area contributed by atoms with Gasteiger partial charge in [-0.25, -0.2) is 0 Å². The Morgan fingerprint density at radius 2 is 1.68 bits per heavy atom. The van der Waals surface area contributed by atoms with E-state index in [9.17, 15) is 4.79 Å². The lowest BCUT2D eigenvalue weighted by molar-refractivity contribution is 0.0983. The number of carbonyl (C=O) groups excluding carboxylic acids is 1. The second-order valence-corrected chi connectivity index (χ2v) is 7.59. The van der Waals surface area contributed by atoms with Gasteiger partial charge in [0.1, 0.15) is 0 Å². The van der Waals surface area contributed by atoms with E-state index in [2.05, 4.69) is 22.9 Å². The lowest BCUT2D eigenvalue weighted by Gasteiger charge is -2.01. The summed E-state index contributed by atoms with van der Waals surface area (Å²) in [5.74, 6) is 0.310. The number of Topliss-reactive ketones (excluding diaryl/α,β-unsaturated/α-hetero) is 1. The third kappa shape index (κ3) is 6.71. The minimum Gasteiger partial charge on any atom is -0.293 e. The number of thiophene rings is 1. The van der Waals surface area contributed by atoms with Gasteiger partial charge in [0.25, 0.3) is 0 Å². The first-order valence-corrected chi connectivity index (χ1v) is 9.05. The van der Waals surface area contributed by atoms with Crippen LogP contribution in [-0.4, -0.2) is 5.78 Å². The number of ketones is 1. The second kappa shape index (κ2) is 9.71. The molecule has 0 spiro atoms. The molecule has 0 unspecified atom stereocenters. The monoisotopic (exact) mass is 344 g/mol. The van der Waals surface area contributed by atoms with E-state index in [1.807, 2.05) is 13.0 Å². The molecule has 0 saturated heterocycles. The molecular formula is C16H25BrOS. The molecule has 1 rings (SSSR count). The average molecular weight is 345 g/mol. The number of rotatable bonds is 10. The van der Waals surface area contributed by atoms with Crippen molar-refractivity contribution in [2.45, 2.75) is 71.6 Å². The van der Waals surface area contributed by atoms with Crippen LogP contribution in [0.4, 0.5) is 0 Å². The van der Waals surface area contributed by atoms with Crippen LogP contribution >= 0.6 is 27.3 Å². The number of aryl methyl sites for hydroxylation is 1. The molecule has 1 heterocycles. The summed E-state index contributed by atoms with van der Waals surface area (Å²) < 4.78 is 1.09. The van der Waals surface area contributed by atoms with Gasteiger partial charge in [-0.2, -0.15) is 0 Å². The Morgan fingerprint density at radius 3 is 2.21 bits per heavy atom. The maximum atomic E-state index is 12.0. The Bertz CT molecular complexity index is 365. The molecule has 0 N–H and O–H groups in total. The largest absolute Gasteiger partial charge is 0.293 e. The highest BCUT2D eigenvalue weighted by molar-refractivity contribution is 9.11. The van der Waals surface area contributed by atoms with Crippen LogP contribution in [0, 0.1) is 6.92 Å². The van der Waals surface area contributed by atoms with Crippen LogP contribution in [0.1, 0.15) is 79.9 Å². The van der Waals surface area contributed by atoms with Gasteiger partial charge in [-0.05, 0) is 40.9 Å². The predicted octanol–water partition coefficient (Wildman–Crippen LogP) is 6.53. The Morgan fingerprint density at radius 1 is 1.11 bits per heavy atom. The fourth-order valence-corrected chi connectivity index (χ4v) is 3.64. The SMILES string of the molecule is CCCCCCCCCCC(=O)c1cc(C)c(Br)s1. The zero-order valence-corrected chi connectivity index (χ0v) is 14.5. The molecule has 1 nitrogen and oxygen atoms in total. The quantitative estimate of drug-likeness (QED) is 0.348. The summed E-state index contributed by atoms with van der Waals surface area (Å²) in [6.45, 7) is 4.28. The van der Waals surface area contributed by atoms with Gasteiger partial charge >= 0.3 is 0 Å². The highest BCUT2D eigenvalue weighted by Gasteiger charge is 2.10. The van der Waals surface area contributed by atoms with Gasteiger partial charge in [0.2, 0.25) is 0 Å². The van der Waals surface area contributed by atoms with E-state index in [0.717, 1.165) is 15.1 Å². The van der Waals surface area contributed by atoms with Crippen molar-refractivity contribution >= 4 is 33.0 Å². The first-order valence-electron chi connectivity index (χ1n) is 7.44. The van der Waals surface area contributed by atoms with Crippen LogP contribution in [-0.2, 0) is 0 Å². The van der Waals surface area contributed by atoms with E-state index in [0.29, 0.717) is 12.2 Å². The van der Waals surface area contributed by atoms with Gasteiger partial charge in [-0.1, -0.05) is 51.9 Å². The number of hydrogen-bond acceptors (Lipinski definition) is 2. The van der Waals surface area contributed by atoms with Crippen LogP contribution in [0.3, 0.4) is 0 Å². The van der Waals surface area contributed by atoms with E-state index in [1.54, 1.807) is 11.3 Å². The Balaban J connectivity index is 2.08. The van der Waals surface area contributed by atoms with Crippen molar-refractivity contribution in [3.63, 3.8) is 0 Å². The van der Waals surface area contributed by atoms with E-state index in [-0.39, 0.29) is 0 Å². The summed E-state index contributed by atoms with van der Waals surface area (Å²) in [4.78, 5) is 12.9. The standard InChI is InChI=1S/C16H25BrOS/c1-3-4-5-6-7-8-9-10-11-14(18)15-12-13(2)16(17)19-15/h12H,3-11H2,1-2H3. The molecule has 3 heteroatoms. The topological polar surface area (TPSA) is 17.1 Å². The zero-order chi connectivity index (χ0) is 14.1. The Labute approximate surface area is 129 Å². The molecule has 0 aliphatic rings. The fraction of sp³-hybridized carbons (Fsp3) is 0.688. The van der Waals surface area contributed by atoms with Crippen molar-refractivity contribution in [1.29, 1.82) is 0 Å². The first-order chi connectivity index (χ1) is 9.15. The van der Waals surface area contributed by atoms with E-state index in [1.165, 1.54) is 50.5 Å². The minimum atomic E-state index is 0.310. The second-order valence-electron chi connectivity index (χ2n) is 5.22. The van der Waals surface area contributed by atoms with Gasteiger partial charge in [0.15, 0.2) is 5.78 Å². The van der Waals surface area contributed by atoms with Gasteiger partial charge in [-0.15, -0.1) is 11.3 Å². The number of halogens is 1. The molecule has 19 heavy (non-hydrogen) atoms. The summed E-state index contributed by atoms with van der Waals surface area (Å²) in [6.07, 6.45) is 11.0. The van der Waals surface area contributed by atoms with E-state index >= 15 is 0 Å². The molecule has 0 bridgehead atoms. The number of carbonyl (C=O) groups is 1. The Kier molecular flexibility index (Phi) is 8.64. The first kappa shape index (κ1) is 16.9. The average Bonchev–Trinajstić information content (AvgIpc) is 2.73. The summed E-state index contributed by atoms with van der Waals surface area (Å²) in [6, 6.07) is 2.00.